The SMILES string of the molecule is CC(=O)C(NC(=O)COc1cccc(C(=O)O)c1)C(C)C. The van der Waals surface area contributed by atoms with Crippen molar-refractivity contribution in [3.8, 4) is 5.75 Å². The van der Waals surface area contributed by atoms with Crippen LogP contribution in [0.2, 0.25) is 0 Å². The largest absolute Gasteiger partial charge is 0.484 e. The van der Waals surface area contributed by atoms with Gasteiger partial charge in [-0.2, -0.15) is 0 Å². The number of carbonyl (C=O) groups is 3. The van der Waals surface area contributed by atoms with Crippen LogP contribution in [0.3, 0.4) is 0 Å². The number of ketones is 1. The van der Waals surface area contributed by atoms with E-state index in [1.165, 1.54) is 25.1 Å². The molecule has 0 saturated carbocycles. The summed E-state index contributed by atoms with van der Waals surface area (Å²) in [7, 11) is 0. The number of rotatable bonds is 7. The Kier molecular flexibility index (Phi) is 5.90. The van der Waals surface area contributed by atoms with Crippen LogP contribution in [-0.2, 0) is 9.59 Å². The first-order valence-corrected chi connectivity index (χ1v) is 6.57. The summed E-state index contributed by atoms with van der Waals surface area (Å²) in [5.41, 5.74) is 0.0803. The Bertz CT molecular complexity index is 539. The summed E-state index contributed by atoms with van der Waals surface area (Å²) < 4.78 is 5.23. The van der Waals surface area contributed by atoms with Gasteiger partial charge in [0.15, 0.2) is 12.4 Å². The number of nitrogens with one attached hydrogen (secondary N) is 1. The highest BCUT2D eigenvalue weighted by Gasteiger charge is 2.20. The third-order valence-corrected chi connectivity index (χ3v) is 2.87. The van der Waals surface area contributed by atoms with Gasteiger partial charge >= 0.3 is 5.97 Å². The van der Waals surface area contributed by atoms with Crippen molar-refractivity contribution in [1.29, 1.82) is 0 Å². The number of aromatic carboxylic acids is 1. The van der Waals surface area contributed by atoms with Crippen LogP contribution in [0.1, 0.15) is 31.1 Å². The molecule has 0 saturated heterocycles. The molecule has 0 aromatic heterocycles. The van der Waals surface area contributed by atoms with Gasteiger partial charge in [-0.1, -0.05) is 19.9 Å². The summed E-state index contributed by atoms with van der Waals surface area (Å²) in [6.07, 6.45) is 0. The number of Topliss-reactive ketones (excluding diaryl/α,β-unsaturated/α-hetero) is 1. The fourth-order valence-electron chi connectivity index (χ4n) is 1.82. The van der Waals surface area contributed by atoms with Gasteiger partial charge in [-0.3, -0.25) is 9.59 Å². The number of carboxylic acids is 1. The summed E-state index contributed by atoms with van der Waals surface area (Å²) in [6, 6.07) is 5.31. The van der Waals surface area contributed by atoms with Crippen LogP contribution in [0.5, 0.6) is 5.75 Å². The van der Waals surface area contributed by atoms with Gasteiger partial charge in [0.25, 0.3) is 5.91 Å². The molecule has 0 aliphatic rings. The number of carboxylic acid groups (broad SMARTS) is 1. The van der Waals surface area contributed by atoms with E-state index in [0.29, 0.717) is 0 Å². The fraction of sp³-hybridized carbons (Fsp3) is 0.400. The maximum Gasteiger partial charge on any atom is 0.335 e. The van der Waals surface area contributed by atoms with Crippen LogP contribution in [0.4, 0.5) is 0 Å². The smallest absolute Gasteiger partial charge is 0.335 e. The zero-order valence-corrected chi connectivity index (χ0v) is 12.3. The van der Waals surface area contributed by atoms with Crippen molar-refractivity contribution in [3.63, 3.8) is 0 Å². The molecule has 0 aliphatic carbocycles. The molecule has 6 heteroatoms. The van der Waals surface area contributed by atoms with Crippen LogP contribution in [0.15, 0.2) is 24.3 Å². The molecule has 0 heterocycles. The molecular formula is C15H19NO5. The van der Waals surface area contributed by atoms with E-state index in [9.17, 15) is 14.4 Å². The molecular weight excluding hydrogens is 274 g/mol. The maximum atomic E-state index is 11.7. The molecule has 0 bridgehead atoms. The van der Waals surface area contributed by atoms with E-state index in [1.54, 1.807) is 6.07 Å². The average molecular weight is 293 g/mol. The van der Waals surface area contributed by atoms with E-state index in [4.69, 9.17) is 9.84 Å². The van der Waals surface area contributed by atoms with E-state index in [2.05, 4.69) is 5.32 Å². The standard InChI is InChI=1S/C15H19NO5/c1-9(2)14(10(3)17)16-13(18)8-21-12-6-4-5-11(7-12)15(19)20/h4-7,9,14H,8H2,1-3H3,(H,16,18)(H,19,20). The second-order valence-corrected chi connectivity index (χ2v) is 5.02. The lowest BCUT2D eigenvalue weighted by Gasteiger charge is -2.19. The Labute approximate surface area is 123 Å². The molecule has 1 unspecified atom stereocenters. The Morgan fingerprint density at radius 2 is 1.95 bits per heavy atom. The Hall–Kier alpha value is -2.37. The minimum atomic E-state index is -1.07. The number of amides is 1. The molecule has 0 radical (unpaired) electrons. The van der Waals surface area contributed by atoms with Gasteiger partial charge in [-0.05, 0) is 31.0 Å². The third kappa shape index (κ3) is 5.25. The average Bonchev–Trinajstić information content (AvgIpc) is 2.42. The highest BCUT2D eigenvalue weighted by atomic mass is 16.5. The van der Waals surface area contributed by atoms with Crippen LogP contribution < -0.4 is 10.1 Å². The first-order valence-electron chi connectivity index (χ1n) is 6.57. The van der Waals surface area contributed by atoms with Gasteiger partial charge in [0.2, 0.25) is 0 Å². The minimum Gasteiger partial charge on any atom is -0.484 e. The van der Waals surface area contributed by atoms with Crippen molar-refractivity contribution >= 4 is 17.7 Å². The monoisotopic (exact) mass is 293 g/mol. The molecule has 0 aliphatic heterocycles. The summed E-state index contributed by atoms with van der Waals surface area (Å²) in [6.45, 7) is 4.81. The number of benzene rings is 1. The van der Waals surface area contributed by atoms with Gasteiger partial charge in [0.05, 0.1) is 11.6 Å². The molecule has 1 aromatic rings. The number of carbonyl (C=O) groups excluding carboxylic acids is 2. The van der Waals surface area contributed by atoms with Gasteiger partial charge in [0.1, 0.15) is 5.75 Å². The van der Waals surface area contributed by atoms with Crippen molar-refractivity contribution in [2.24, 2.45) is 5.92 Å². The quantitative estimate of drug-likeness (QED) is 0.794. The molecule has 6 nitrogen and oxygen atoms in total. The Morgan fingerprint density at radius 3 is 2.48 bits per heavy atom. The molecule has 1 atom stereocenters. The number of ether oxygens (including phenoxy) is 1. The van der Waals surface area contributed by atoms with Gasteiger partial charge < -0.3 is 15.2 Å². The van der Waals surface area contributed by atoms with Crippen LogP contribution >= 0.6 is 0 Å². The number of hydrogen-bond donors (Lipinski definition) is 2. The van der Waals surface area contributed by atoms with Crippen LogP contribution in [0.25, 0.3) is 0 Å². The lowest BCUT2D eigenvalue weighted by atomic mass is 10.0. The van der Waals surface area contributed by atoms with Gasteiger partial charge in [-0.25, -0.2) is 4.79 Å². The van der Waals surface area contributed by atoms with E-state index >= 15 is 0 Å². The molecule has 114 valence electrons. The molecule has 2 N–H and O–H groups in total. The second-order valence-electron chi connectivity index (χ2n) is 5.02. The first-order chi connectivity index (χ1) is 9.81. The van der Waals surface area contributed by atoms with Crippen molar-refractivity contribution in [2.75, 3.05) is 6.61 Å². The van der Waals surface area contributed by atoms with E-state index in [0.717, 1.165) is 0 Å². The molecule has 1 aromatic carbocycles. The Balaban J connectivity index is 2.58. The number of hydrogen-bond acceptors (Lipinski definition) is 4. The molecule has 0 fully saturated rings. The van der Waals surface area contributed by atoms with Gasteiger partial charge in [-0.15, -0.1) is 0 Å². The van der Waals surface area contributed by atoms with Crippen LogP contribution in [0, 0.1) is 5.92 Å². The van der Waals surface area contributed by atoms with Crippen molar-refractivity contribution < 1.29 is 24.2 Å². The topological polar surface area (TPSA) is 92.7 Å². The Morgan fingerprint density at radius 1 is 1.29 bits per heavy atom. The highest BCUT2D eigenvalue weighted by Crippen LogP contribution is 2.13. The molecule has 1 amide bonds. The first kappa shape index (κ1) is 16.7. The predicted octanol–water partition coefficient (Wildman–Crippen LogP) is 1.49. The lowest BCUT2D eigenvalue weighted by Crippen LogP contribution is -2.45. The van der Waals surface area contributed by atoms with E-state index in [1.807, 2.05) is 13.8 Å². The minimum absolute atomic E-state index is 0.0122. The zero-order valence-electron chi connectivity index (χ0n) is 12.3. The van der Waals surface area contributed by atoms with Crippen molar-refractivity contribution in [2.45, 2.75) is 26.8 Å². The predicted molar refractivity (Wildman–Crippen MR) is 76.3 cm³/mol. The van der Waals surface area contributed by atoms with E-state index in [-0.39, 0.29) is 29.6 Å². The summed E-state index contributed by atoms with van der Waals surface area (Å²) in [5.74, 6) is -1.34. The molecule has 1 rings (SSSR count). The molecule has 0 spiro atoms. The normalized spacial score (nSPS) is 11.8. The van der Waals surface area contributed by atoms with Gasteiger partial charge in [0, 0.05) is 0 Å². The lowest BCUT2D eigenvalue weighted by molar-refractivity contribution is -0.129. The van der Waals surface area contributed by atoms with E-state index < -0.39 is 17.9 Å². The maximum absolute atomic E-state index is 11.7. The molecule has 21 heavy (non-hydrogen) atoms. The zero-order chi connectivity index (χ0) is 16.0. The summed E-state index contributed by atoms with van der Waals surface area (Å²) in [5, 5.41) is 11.4. The summed E-state index contributed by atoms with van der Waals surface area (Å²) >= 11 is 0. The van der Waals surface area contributed by atoms with Crippen molar-refractivity contribution in [1.82, 2.24) is 5.32 Å². The highest BCUT2D eigenvalue weighted by molar-refractivity contribution is 5.89. The van der Waals surface area contributed by atoms with Crippen molar-refractivity contribution in [3.05, 3.63) is 29.8 Å². The second kappa shape index (κ2) is 7.42. The summed E-state index contributed by atoms with van der Waals surface area (Å²) in [4.78, 5) is 34.0. The fourth-order valence-corrected chi connectivity index (χ4v) is 1.82. The third-order valence-electron chi connectivity index (χ3n) is 2.87. The van der Waals surface area contributed by atoms with Crippen LogP contribution in [-0.4, -0.2) is 35.4 Å².